The molecule has 0 spiro atoms. The van der Waals surface area contributed by atoms with Crippen molar-refractivity contribution >= 4 is 0 Å². The van der Waals surface area contributed by atoms with Crippen molar-refractivity contribution in [1.82, 2.24) is 5.01 Å². The van der Waals surface area contributed by atoms with Crippen molar-refractivity contribution in [3.8, 4) is 0 Å². The molecule has 0 saturated carbocycles. The maximum atomic E-state index is 5.70. The molecule has 0 unspecified atom stereocenters. The lowest BCUT2D eigenvalue weighted by Gasteiger charge is -2.38. The van der Waals surface area contributed by atoms with Gasteiger partial charge in [0.15, 0.2) is 0 Å². The highest BCUT2D eigenvalue weighted by Gasteiger charge is 2.26. The van der Waals surface area contributed by atoms with Crippen LogP contribution in [0.15, 0.2) is 12.2 Å². The Labute approximate surface area is 55.3 Å². The van der Waals surface area contributed by atoms with Crippen LogP contribution in [0, 0.1) is 5.92 Å². The van der Waals surface area contributed by atoms with Crippen molar-refractivity contribution in [3.63, 3.8) is 0 Å². The molecule has 3 aliphatic rings. The summed E-state index contributed by atoms with van der Waals surface area (Å²) in [6, 6.07) is 0.551. The Hall–Kier alpha value is -0.340. The minimum atomic E-state index is 0.551. The lowest BCUT2D eigenvalue weighted by atomic mass is 9.87. The number of piperidine rings is 1. The number of nitrogens with zero attached hydrogens (tertiary/aromatic N) is 1. The fraction of sp³-hybridized carbons (Fsp3) is 0.714. The van der Waals surface area contributed by atoms with Gasteiger partial charge in [0.25, 0.3) is 0 Å². The van der Waals surface area contributed by atoms with Crippen LogP contribution in [0.2, 0.25) is 0 Å². The van der Waals surface area contributed by atoms with Gasteiger partial charge in [0.1, 0.15) is 0 Å². The Morgan fingerprint density at radius 1 is 1.33 bits per heavy atom. The zero-order valence-electron chi connectivity index (χ0n) is 5.46. The van der Waals surface area contributed by atoms with Crippen molar-refractivity contribution < 1.29 is 0 Å². The molecule has 2 aliphatic heterocycles. The van der Waals surface area contributed by atoms with Crippen LogP contribution in [-0.2, 0) is 0 Å². The van der Waals surface area contributed by atoms with Gasteiger partial charge in [0.2, 0.25) is 0 Å². The summed E-state index contributed by atoms with van der Waals surface area (Å²) in [5, 5.41) is 1.95. The Kier molecular flexibility index (Phi) is 1.10. The number of hydrazine groups is 1. The first-order chi connectivity index (χ1) is 4.36. The van der Waals surface area contributed by atoms with Crippen molar-refractivity contribution in [2.24, 2.45) is 11.8 Å². The molecule has 2 N–H and O–H groups in total. The Bertz CT molecular complexity index is 142. The van der Waals surface area contributed by atoms with Crippen molar-refractivity contribution in [1.29, 1.82) is 0 Å². The van der Waals surface area contributed by atoms with Gasteiger partial charge in [-0.3, -0.25) is 5.84 Å². The first-order valence-corrected chi connectivity index (χ1v) is 3.56. The fourth-order valence-corrected chi connectivity index (χ4v) is 1.70. The first kappa shape index (κ1) is 5.45. The quantitative estimate of drug-likeness (QED) is 0.376. The third-order valence-electron chi connectivity index (χ3n) is 2.31. The number of nitrogens with two attached hydrogens (primary N) is 1. The summed E-state index contributed by atoms with van der Waals surface area (Å²) in [4.78, 5) is 0. The molecule has 1 aliphatic carbocycles. The Balaban J connectivity index is 2.20. The molecule has 2 atom stereocenters. The molecule has 0 radical (unpaired) electrons. The summed E-state index contributed by atoms with van der Waals surface area (Å²) < 4.78 is 0. The molecule has 3 rings (SSSR count). The van der Waals surface area contributed by atoms with E-state index in [9.17, 15) is 0 Å². The molecule has 50 valence electrons. The van der Waals surface area contributed by atoms with Gasteiger partial charge in [0.05, 0.1) is 0 Å². The molecule has 1 saturated heterocycles. The van der Waals surface area contributed by atoms with E-state index in [1.807, 2.05) is 5.01 Å². The lowest BCUT2D eigenvalue weighted by molar-refractivity contribution is 0.139. The number of hydrogen-bond acceptors (Lipinski definition) is 2. The maximum Gasteiger partial charge on any atom is 0.0421 e. The zero-order valence-corrected chi connectivity index (χ0v) is 5.46. The van der Waals surface area contributed by atoms with Gasteiger partial charge in [0, 0.05) is 12.6 Å². The van der Waals surface area contributed by atoms with Gasteiger partial charge in [-0.1, -0.05) is 12.2 Å². The second-order valence-electron chi connectivity index (χ2n) is 2.99. The Morgan fingerprint density at radius 3 is 2.44 bits per heavy atom. The van der Waals surface area contributed by atoms with E-state index in [0.717, 1.165) is 12.5 Å². The van der Waals surface area contributed by atoms with Crippen LogP contribution in [0.5, 0.6) is 0 Å². The van der Waals surface area contributed by atoms with Crippen LogP contribution in [0.4, 0.5) is 0 Å². The second-order valence-corrected chi connectivity index (χ2v) is 2.99. The third-order valence-corrected chi connectivity index (χ3v) is 2.31. The lowest BCUT2D eigenvalue weighted by Crippen LogP contribution is -2.49. The molecule has 1 fully saturated rings. The standard InChI is InChI=1S/C7H12N2/c8-9-5-6-1-3-7(9)4-2-6/h1,3,6-7H,2,4-5,8H2/t6-,7+/m1/s1. The number of hydrogen-bond donors (Lipinski definition) is 1. The van der Waals surface area contributed by atoms with Crippen LogP contribution in [-0.4, -0.2) is 17.6 Å². The normalized spacial score (nSPS) is 41.9. The summed E-state index contributed by atoms with van der Waals surface area (Å²) in [7, 11) is 0. The van der Waals surface area contributed by atoms with Crippen LogP contribution < -0.4 is 5.84 Å². The van der Waals surface area contributed by atoms with Crippen LogP contribution in [0.25, 0.3) is 0 Å². The minimum absolute atomic E-state index is 0.551. The molecule has 2 nitrogen and oxygen atoms in total. The van der Waals surface area contributed by atoms with Crippen molar-refractivity contribution in [2.75, 3.05) is 6.54 Å². The monoisotopic (exact) mass is 124 g/mol. The smallest absolute Gasteiger partial charge is 0.0421 e. The van der Waals surface area contributed by atoms with Gasteiger partial charge < -0.3 is 0 Å². The summed E-state index contributed by atoms with van der Waals surface area (Å²) in [5.74, 6) is 6.45. The number of rotatable bonds is 0. The molecule has 9 heavy (non-hydrogen) atoms. The predicted octanol–water partition coefficient (Wildman–Crippen LogP) is 0.510. The highest BCUT2D eigenvalue weighted by atomic mass is 15.4. The third kappa shape index (κ3) is 0.787. The molecular formula is C7H12N2. The molecule has 0 aromatic rings. The van der Waals surface area contributed by atoms with E-state index < -0.39 is 0 Å². The largest absolute Gasteiger partial charge is 0.268 e. The van der Waals surface area contributed by atoms with Crippen molar-refractivity contribution in [2.45, 2.75) is 18.9 Å². The van der Waals surface area contributed by atoms with Crippen molar-refractivity contribution in [3.05, 3.63) is 12.2 Å². The van der Waals surface area contributed by atoms with E-state index in [1.165, 1.54) is 12.8 Å². The predicted molar refractivity (Wildman–Crippen MR) is 36.5 cm³/mol. The van der Waals surface area contributed by atoms with E-state index >= 15 is 0 Å². The highest BCUT2D eigenvalue weighted by molar-refractivity contribution is 5.06. The average molecular weight is 124 g/mol. The first-order valence-electron chi connectivity index (χ1n) is 3.56. The molecular weight excluding hydrogens is 112 g/mol. The average Bonchev–Trinajstić information content (AvgIpc) is 1.90. The molecule has 2 heterocycles. The molecule has 0 aromatic carbocycles. The summed E-state index contributed by atoms with van der Waals surface area (Å²) in [6.45, 7) is 1.07. The molecule has 0 aromatic heterocycles. The van der Waals surface area contributed by atoms with Crippen LogP contribution >= 0.6 is 0 Å². The second kappa shape index (κ2) is 1.82. The van der Waals surface area contributed by atoms with Gasteiger partial charge in [-0.2, -0.15) is 0 Å². The summed E-state index contributed by atoms with van der Waals surface area (Å²) in [6.07, 6.45) is 7.14. The fourth-order valence-electron chi connectivity index (χ4n) is 1.70. The van der Waals surface area contributed by atoms with Gasteiger partial charge in [-0.05, 0) is 18.8 Å². The zero-order chi connectivity index (χ0) is 6.27. The van der Waals surface area contributed by atoms with E-state index in [2.05, 4.69) is 12.2 Å². The molecule has 0 amide bonds. The minimum Gasteiger partial charge on any atom is -0.268 e. The summed E-state index contributed by atoms with van der Waals surface area (Å²) >= 11 is 0. The van der Waals surface area contributed by atoms with Crippen LogP contribution in [0.3, 0.4) is 0 Å². The maximum absolute atomic E-state index is 5.70. The van der Waals surface area contributed by atoms with Crippen LogP contribution in [0.1, 0.15) is 12.8 Å². The van der Waals surface area contributed by atoms with Gasteiger partial charge in [-0.15, -0.1) is 0 Å². The molecule has 2 heteroatoms. The SMILES string of the molecule is NN1C[C@@H]2C=C[C@H]1CC2. The van der Waals surface area contributed by atoms with E-state index in [0.29, 0.717) is 6.04 Å². The highest BCUT2D eigenvalue weighted by Crippen LogP contribution is 2.26. The molecule has 2 bridgehead atoms. The Morgan fingerprint density at radius 2 is 2.22 bits per heavy atom. The topological polar surface area (TPSA) is 29.3 Å². The van der Waals surface area contributed by atoms with E-state index in [-0.39, 0.29) is 0 Å². The van der Waals surface area contributed by atoms with E-state index in [4.69, 9.17) is 5.84 Å². The number of fused-ring (bicyclic) bond motifs is 2. The van der Waals surface area contributed by atoms with Gasteiger partial charge in [-0.25, -0.2) is 5.01 Å². The van der Waals surface area contributed by atoms with Gasteiger partial charge >= 0.3 is 0 Å². The van der Waals surface area contributed by atoms with E-state index in [1.54, 1.807) is 0 Å². The summed E-state index contributed by atoms with van der Waals surface area (Å²) in [5.41, 5.74) is 0.